The smallest absolute Gasteiger partial charge is 0.358 e. The van der Waals surface area contributed by atoms with E-state index in [1.54, 1.807) is 0 Å². The number of nitrogens with two attached hydrogens (primary N) is 1. The number of carbonyl (C=O) groups is 2. The highest BCUT2D eigenvalue weighted by Crippen LogP contribution is 2.00. The average molecular weight is 211 g/mol. The molecule has 0 fully saturated rings. The third kappa shape index (κ3) is 3.08. The molecule has 1 rings (SSSR count). The van der Waals surface area contributed by atoms with Crippen molar-refractivity contribution in [2.45, 2.75) is 13.8 Å². The van der Waals surface area contributed by atoms with E-state index in [0.717, 1.165) is 4.68 Å². The molecule has 0 spiro atoms. The highest BCUT2D eigenvalue weighted by Gasteiger charge is 2.12. The van der Waals surface area contributed by atoms with Crippen molar-refractivity contribution in [2.24, 2.45) is 11.7 Å². The fraction of sp³-hybridized carbons (Fsp3) is 0.444. The summed E-state index contributed by atoms with van der Waals surface area (Å²) in [5, 5.41) is 3.66. The second-order valence-electron chi connectivity index (χ2n) is 3.48. The van der Waals surface area contributed by atoms with Gasteiger partial charge in [-0.15, -0.1) is 0 Å². The molecule has 1 amide bonds. The monoisotopic (exact) mass is 211 g/mol. The SMILES string of the molecule is CC(C)COC(=O)c1ccn(C(N)=O)n1. The second kappa shape index (κ2) is 4.59. The van der Waals surface area contributed by atoms with Crippen LogP contribution in [0.3, 0.4) is 0 Å². The molecule has 0 aromatic carbocycles. The summed E-state index contributed by atoms with van der Waals surface area (Å²) < 4.78 is 5.80. The maximum atomic E-state index is 11.3. The van der Waals surface area contributed by atoms with Crippen molar-refractivity contribution in [1.82, 2.24) is 9.78 Å². The number of hydrogen-bond acceptors (Lipinski definition) is 4. The first-order valence-electron chi connectivity index (χ1n) is 4.53. The lowest BCUT2D eigenvalue weighted by molar-refractivity contribution is 0.0451. The molecule has 82 valence electrons. The van der Waals surface area contributed by atoms with Crippen LogP contribution >= 0.6 is 0 Å². The minimum Gasteiger partial charge on any atom is -0.461 e. The molecule has 1 aromatic rings. The molecule has 0 aliphatic heterocycles. The molecule has 0 bridgehead atoms. The molecule has 6 heteroatoms. The van der Waals surface area contributed by atoms with Gasteiger partial charge < -0.3 is 10.5 Å². The van der Waals surface area contributed by atoms with Gasteiger partial charge in [0.1, 0.15) is 0 Å². The van der Waals surface area contributed by atoms with Gasteiger partial charge >= 0.3 is 12.0 Å². The Kier molecular flexibility index (Phi) is 3.43. The van der Waals surface area contributed by atoms with Gasteiger partial charge in [0.05, 0.1) is 6.61 Å². The molecule has 1 heterocycles. The Bertz CT molecular complexity index is 370. The maximum Gasteiger partial charge on any atom is 0.358 e. The number of ether oxygens (including phenoxy) is 1. The van der Waals surface area contributed by atoms with E-state index in [-0.39, 0.29) is 11.6 Å². The number of primary amides is 1. The Morgan fingerprint density at radius 3 is 2.73 bits per heavy atom. The standard InChI is InChI=1S/C9H13N3O3/c1-6(2)5-15-8(13)7-3-4-12(11-7)9(10)14/h3-4,6H,5H2,1-2H3,(H2,10,14). The van der Waals surface area contributed by atoms with Gasteiger partial charge in [-0.1, -0.05) is 13.8 Å². The molecule has 0 unspecified atom stereocenters. The first-order chi connectivity index (χ1) is 7.00. The van der Waals surface area contributed by atoms with E-state index < -0.39 is 12.0 Å². The Hall–Kier alpha value is -1.85. The van der Waals surface area contributed by atoms with E-state index >= 15 is 0 Å². The van der Waals surface area contributed by atoms with E-state index in [2.05, 4.69) is 5.10 Å². The zero-order valence-corrected chi connectivity index (χ0v) is 8.64. The van der Waals surface area contributed by atoms with Crippen LogP contribution in [0.15, 0.2) is 12.3 Å². The van der Waals surface area contributed by atoms with Gasteiger partial charge in [0, 0.05) is 6.20 Å². The van der Waals surface area contributed by atoms with E-state index in [0.29, 0.717) is 6.61 Å². The van der Waals surface area contributed by atoms with Crippen molar-refractivity contribution in [2.75, 3.05) is 6.61 Å². The van der Waals surface area contributed by atoms with Crippen LogP contribution in [-0.2, 0) is 4.74 Å². The number of nitrogens with zero attached hydrogens (tertiary/aromatic N) is 2. The van der Waals surface area contributed by atoms with Gasteiger partial charge in [-0.3, -0.25) is 0 Å². The predicted octanol–water partition coefficient (Wildman–Crippen LogP) is 0.623. The largest absolute Gasteiger partial charge is 0.461 e. The number of carbonyl (C=O) groups excluding carboxylic acids is 2. The van der Waals surface area contributed by atoms with Crippen molar-refractivity contribution >= 4 is 12.0 Å². The van der Waals surface area contributed by atoms with Crippen LogP contribution in [0.4, 0.5) is 4.79 Å². The van der Waals surface area contributed by atoms with Crippen LogP contribution in [0.1, 0.15) is 24.3 Å². The summed E-state index contributed by atoms with van der Waals surface area (Å²) in [6.45, 7) is 4.17. The summed E-state index contributed by atoms with van der Waals surface area (Å²) >= 11 is 0. The first-order valence-corrected chi connectivity index (χ1v) is 4.53. The summed E-state index contributed by atoms with van der Waals surface area (Å²) in [6, 6.07) is 0.644. The van der Waals surface area contributed by atoms with E-state index in [1.807, 2.05) is 13.8 Å². The van der Waals surface area contributed by atoms with Gasteiger partial charge in [0.25, 0.3) is 0 Å². The van der Waals surface area contributed by atoms with Crippen molar-refractivity contribution in [3.05, 3.63) is 18.0 Å². The van der Waals surface area contributed by atoms with E-state index in [9.17, 15) is 9.59 Å². The van der Waals surface area contributed by atoms with Crippen molar-refractivity contribution in [3.8, 4) is 0 Å². The zero-order chi connectivity index (χ0) is 11.4. The topological polar surface area (TPSA) is 87.2 Å². The minimum atomic E-state index is -0.738. The number of aromatic nitrogens is 2. The van der Waals surface area contributed by atoms with Gasteiger partial charge in [-0.25, -0.2) is 9.59 Å². The van der Waals surface area contributed by atoms with Crippen LogP contribution in [-0.4, -0.2) is 28.4 Å². The molecule has 0 aliphatic rings. The van der Waals surface area contributed by atoms with Crippen molar-refractivity contribution in [3.63, 3.8) is 0 Å². The zero-order valence-electron chi connectivity index (χ0n) is 8.64. The van der Waals surface area contributed by atoms with Crippen molar-refractivity contribution in [1.29, 1.82) is 0 Å². The van der Waals surface area contributed by atoms with Gasteiger partial charge in [-0.05, 0) is 12.0 Å². The Labute approximate surface area is 87.0 Å². The van der Waals surface area contributed by atoms with Crippen LogP contribution in [0.25, 0.3) is 0 Å². The molecule has 0 radical (unpaired) electrons. The highest BCUT2D eigenvalue weighted by atomic mass is 16.5. The number of hydrogen-bond donors (Lipinski definition) is 1. The summed E-state index contributed by atoms with van der Waals surface area (Å²) in [6.07, 6.45) is 1.31. The lowest BCUT2D eigenvalue weighted by atomic mass is 10.2. The number of amides is 1. The Morgan fingerprint density at radius 1 is 1.60 bits per heavy atom. The second-order valence-corrected chi connectivity index (χ2v) is 3.48. The summed E-state index contributed by atoms with van der Waals surface area (Å²) in [5.41, 5.74) is 5.04. The van der Waals surface area contributed by atoms with Gasteiger partial charge in [0.2, 0.25) is 0 Å². The molecular formula is C9H13N3O3. The molecule has 0 aliphatic carbocycles. The molecular weight excluding hydrogens is 198 g/mol. The molecule has 0 atom stereocenters. The fourth-order valence-electron chi connectivity index (χ4n) is 0.872. The number of esters is 1. The molecule has 2 N–H and O–H groups in total. The van der Waals surface area contributed by atoms with Gasteiger partial charge in [0.15, 0.2) is 5.69 Å². The minimum absolute atomic E-state index is 0.0782. The predicted molar refractivity (Wildman–Crippen MR) is 52.3 cm³/mol. The van der Waals surface area contributed by atoms with Crippen LogP contribution < -0.4 is 5.73 Å². The molecule has 6 nitrogen and oxygen atoms in total. The normalized spacial score (nSPS) is 10.3. The van der Waals surface area contributed by atoms with Crippen LogP contribution in [0.2, 0.25) is 0 Å². The quantitative estimate of drug-likeness (QED) is 0.742. The van der Waals surface area contributed by atoms with E-state index in [1.165, 1.54) is 12.3 Å². The Balaban J connectivity index is 2.62. The lowest BCUT2D eigenvalue weighted by Gasteiger charge is -2.04. The summed E-state index contributed by atoms with van der Waals surface area (Å²) in [5.74, 6) is -0.295. The first kappa shape index (κ1) is 11.2. The third-order valence-corrected chi connectivity index (χ3v) is 1.57. The lowest BCUT2D eigenvalue weighted by Crippen LogP contribution is -2.20. The molecule has 1 aromatic heterocycles. The highest BCUT2D eigenvalue weighted by molar-refractivity contribution is 5.87. The van der Waals surface area contributed by atoms with Gasteiger partial charge in [-0.2, -0.15) is 9.78 Å². The Morgan fingerprint density at radius 2 is 2.27 bits per heavy atom. The van der Waals surface area contributed by atoms with Crippen LogP contribution in [0, 0.1) is 5.92 Å². The molecule has 0 saturated heterocycles. The summed E-state index contributed by atoms with van der Waals surface area (Å²) in [7, 11) is 0. The van der Waals surface area contributed by atoms with Crippen molar-refractivity contribution < 1.29 is 14.3 Å². The van der Waals surface area contributed by atoms with Crippen LogP contribution in [0.5, 0.6) is 0 Å². The maximum absolute atomic E-state index is 11.3. The number of rotatable bonds is 3. The molecule has 15 heavy (non-hydrogen) atoms. The summed E-state index contributed by atoms with van der Waals surface area (Å²) in [4.78, 5) is 22.0. The fourth-order valence-corrected chi connectivity index (χ4v) is 0.872. The molecule has 0 saturated carbocycles. The van der Waals surface area contributed by atoms with E-state index in [4.69, 9.17) is 10.5 Å². The third-order valence-electron chi connectivity index (χ3n) is 1.57. The average Bonchev–Trinajstić information content (AvgIpc) is 2.62.